The maximum absolute atomic E-state index is 13.8. The van der Waals surface area contributed by atoms with Crippen molar-refractivity contribution in [3.8, 4) is 17.2 Å². The summed E-state index contributed by atoms with van der Waals surface area (Å²) in [5.74, 6) is 2.31. The summed E-state index contributed by atoms with van der Waals surface area (Å²) in [6, 6.07) is 21.3. The van der Waals surface area contributed by atoms with Crippen molar-refractivity contribution in [3.63, 3.8) is 0 Å². The van der Waals surface area contributed by atoms with Gasteiger partial charge in [-0.25, -0.2) is 0 Å². The molecule has 6 nitrogen and oxygen atoms in total. The monoisotopic (exact) mass is 456 g/mol. The van der Waals surface area contributed by atoms with Crippen LogP contribution in [0.1, 0.15) is 35.9 Å². The third kappa shape index (κ3) is 3.85. The largest absolute Gasteiger partial charge is 0.497 e. The van der Waals surface area contributed by atoms with E-state index in [1.807, 2.05) is 66.7 Å². The molecule has 2 atom stereocenters. The lowest BCUT2D eigenvalue weighted by atomic mass is 9.78. The van der Waals surface area contributed by atoms with Gasteiger partial charge in [0, 0.05) is 34.7 Å². The number of benzene rings is 3. The second-order valence-electron chi connectivity index (χ2n) is 8.52. The fraction of sp³-hybridized carbons (Fsp3) is 0.250. The van der Waals surface area contributed by atoms with Crippen molar-refractivity contribution in [1.82, 2.24) is 0 Å². The van der Waals surface area contributed by atoms with Gasteiger partial charge in [-0.3, -0.25) is 4.79 Å². The summed E-state index contributed by atoms with van der Waals surface area (Å²) < 4.78 is 16.8. The first-order chi connectivity index (χ1) is 16.6. The van der Waals surface area contributed by atoms with Crippen LogP contribution in [0.25, 0.3) is 0 Å². The fourth-order valence-electron chi connectivity index (χ4n) is 5.01. The van der Waals surface area contributed by atoms with Crippen molar-refractivity contribution in [2.24, 2.45) is 0 Å². The van der Waals surface area contributed by atoms with Crippen molar-refractivity contribution in [2.75, 3.05) is 32.0 Å². The molecule has 0 saturated carbocycles. The molecular formula is C28H28N2O4. The molecule has 2 aliphatic rings. The third-order valence-electron chi connectivity index (χ3n) is 6.64. The van der Waals surface area contributed by atoms with E-state index in [0.29, 0.717) is 12.8 Å². The number of nitrogens with one attached hydrogen (secondary N) is 2. The Morgan fingerprint density at radius 1 is 0.765 bits per heavy atom. The summed E-state index contributed by atoms with van der Waals surface area (Å²) in [6.07, 6.45) is 1.06. The number of ketones is 1. The lowest BCUT2D eigenvalue weighted by molar-refractivity contribution is -0.116. The molecule has 2 N–H and O–H groups in total. The van der Waals surface area contributed by atoms with Gasteiger partial charge in [-0.1, -0.05) is 30.3 Å². The number of carbonyl (C=O) groups is 1. The zero-order valence-electron chi connectivity index (χ0n) is 19.6. The first-order valence-electron chi connectivity index (χ1n) is 11.4. The smallest absolute Gasteiger partial charge is 0.163 e. The van der Waals surface area contributed by atoms with Gasteiger partial charge in [0.1, 0.15) is 17.2 Å². The summed E-state index contributed by atoms with van der Waals surface area (Å²) in [4.78, 5) is 13.8. The Balaban J connectivity index is 1.63. The highest BCUT2D eigenvalue weighted by atomic mass is 16.5. The van der Waals surface area contributed by atoms with Crippen LogP contribution in [0.3, 0.4) is 0 Å². The topological polar surface area (TPSA) is 68.8 Å². The molecule has 1 aliphatic carbocycles. The van der Waals surface area contributed by atoms with Crippen molar-refractivity contribution in [1.29, 1.82) is 0 Å². The van der Waals surface area contributed by atoms with E-state index in [0.717, 1.165) is 51.0 Å². The minimum absolute atomic E-state index is 0.0348. The molecule has 0 bridgehead atoms. The van der Waals surface area contributed by atoms with Crippen LogP contribution in [0.5, 0.6) is 17.2 Å². The van der Waals surface area contributed by atoms with Crippen LogP contribution in [0, 0.1) is 0 Å². The standard InChI is InChI=1S/C28H28N2O4/c1-32-18-12-13-26(34-3)20(16-18)17-14-23-27(24(31)15-17)28(19-8-4-7-11-25(19)33-2)30-22-10-6-5-9-21(22)29-23/h4-13,16-17,28-30H,14-15H2,1-3H3. The minimum Gasteiger partial charge on any atom is -0.497 e. The number of allylic oxidation sites excluding steroid dienone is 1. The van der Waals surface area contributed by atoms with Gasteiger partial charge in [0.25, 0.3) is 0 Å². The molecule has 2 unspecified atom stereocenters. The minimum atomic E-state index is -0.331. The summed E-state index contributed by atoms with van der Waals surface area (Å²) >= 11 is 0. The highest BCUT2D eigenvalue weighted by Gasteiger charge is 2.37. The average molecular weight is 457 g/mol. The number of para-hydroxylation sites is 3. The molecule has 34 heavy (non-hydrogen) atoms. The van der Waals surface area contributed by atoms with Crippen LogP contribution in [0.15, 0.2) is 78.0 Å². The van der Waals surface area contributed by atoms with Gasteiger partial charge in [-0.15, -0.1) is 0 Å². The second-order valence-corrected chi connectivity index (χ2v) is 8.52. The highest BCUT2D eigenvalue weighted by molar-refractivity contribution is 6.01. The highest BCUT2D eigenvalue weighted by Crippen LogP contribution is 2.47. The van der Waals surface area contributed by atoms with E-state index in [1.54, 1.807) is 21.3 Å². The van der Waals surface area contributed by atoms with Crippen LogP contribution in [0.4, 0.5) is 11.4 Å². The van der Waals surface area contributed by atoms with E-state index in [1.165, 1.54) is 0 Å². The quantitative estimate of drug-likeness (QED) is 0.514. The first-order valence-corrected chi connectivity index (χ1v) is 11.4. The van der Waals surface area contributed by atoms with Crippen molar-refractivity contribution < 1.29 is 19.0 Å². The molecule has 0 radical (unpaired) electrons. The second kappa shape index (κ2) is 9.14. The van der Waals surface area contributed by atoms with Gasteiger partial charge in [0.05, 0.1) is 38.7 Å². The Labute approximate surface area is 199 Å². The lowest BCUT2D eigenvalue weighted by Gasteiger charge is -2.31. The molecule has 1 aliphatic heterocycles. The van der Waals surface area contributed by atoms with Gasteiger partial charge < -0.3 is 24.8 Å². The first kappa shape index (κ1) is 21.9. The maximum Gasteiger partial charge on any atom is 0.163 e. The lowest BCUT2D eigenvalue weighted by Crippen LogP contribution is -2.27. The number of hydrogen-bond donors (Lipinski definition) is 2. The summed E-state index contributed by atoms with van der Waals surface area (Å²) in [6.45, 7) is 0. The molecule has 0 aromatic heterocycles. The zero-order valence-corrected chi connectivity index (χ0v) is 19.6. The number of ether oxygens (including phenoxy) is 3. The average Bonchev–Trinajstić information content (AvgIpc) is 3.05. The number of rotatable bonds is 5. The third-order valence-corrected chi connectivity index (χ3v) is 6.64. The molecule has 0 saturated heterocycles. The molecule has 6 heteroatoms. The van der Waals surface area contributed by atoms with Crippen LogP contribution >= 0.6 is 0 Å². The Bertz CT molecular complexity index is 1270. The van der Waals surface area contributed by atoms with E-state index < -0.39 is 0 Å². The van der Waals surface area contributed by atoms with Crippen LogP contribution in [-0.4, -0.2) is 27.1 Å². The molecule has 1 heterocycles. The molecule has 0 amide bonds. The predicted octanol–water partition coefficient (Wildman–Crippen LogP) is 5.69. The van der Waals surface area contributed by atoms with Gasteiger partial charge in [0.15, 0.2) is 5.78 Å². The van der Waals surface area contributed by atoms with E-state index in [4.69, 9.17) is 14.2 Å². The fourth-order valence-corrected chi connectivity index (χ4v) is 5.01. The molecule has 174 valence electrons. The van der Waals surface area contributed by atoms with E-state index in [9.17, 15) is 4.79 Å². The Morgan fingerprint density at radius 3 is 2.24 bits per heavy atom. The van der Waals surface area contributed by atoms with Crippen molar-refractivity contribution in [3.05, 3.63) is 89.1 Å². The van der Waals surface area contributed by atoms with E-state index in [2.05, 4.69) is 10.6 Å². The SMILES string of the molecule is COc1ccc(OC)c(C2CC(=O)C3=C(C2)Nc2ccccc2NC3c2ccccc2OC)c1. The predicted molar refractivity (Wildman–Crippen MR) is 133 cm³/mol. The Kier molecular flexibility index (Phi) is 5.88. The van der Waals surface area contributed by atoms with Crippen LogP contribution in [0.2, 0.25) is 0 Å². The van der Waals surface area contributed by atoms with Crippen molar-refractivity contribution in [2.45, 2.75) is 24.8 Å². The Hall–Kier alpha value is -3.93. The van der Waals surface area contributed by atoms with Gasteiger partial charge in [-0.05, 0) is 42.8 Å². The van der Waals surface area contributed by atoms with Gasteiger partial charge in [0.2, 0.25) is 0 Å². The number of carbonyl (C=O) groups excluding carboxylic acids is 1. The van der Waals surface area contributed by atoms with Gasteiger partial charge in [-0.2, -0.15) is 0 Å². The number of fused-ring (bicyclic) bond motifs is 1. The molecule has 3 aromatic rings. The molecular weight excluding hydrogens is 428 g/mol. The van der Waals surface area contributed by atoms with Crippen LogP contribution < -0.4 is 24.8 Å². The molecule has 0 spiro atoms. The zero-order chi connectivity index (χ0) is 23.7. The summed E-state index contributed by atoms with van der Waals surface area (Å²) in [5, 5.41) is 7.19. The normalized spacial score (nSPS) is 19.2. The number of anilines is 2. The summed E-state index contributed by atoms with van der Waals surface area (Å²) in [5.41, 5.74) is 5.46. The number of hydrogen-bond acceptors (Lipinski definition) is 6. The summed E-state index contributed by atoms with van der Waals surface area (Å²) in [7, 11) is 4.96. The molecule has 0 fully saturated rings. The Morgan fingerprint density at radius 2 is 1.47 bits per heavy atom. The molecule has 3 aromatic carbocycles. The molecule has 5 rings (SSSR count). The maximum atomic E-state index is 13.8. The van der Waals surface area contributed by atoms with Crippen LogP contribution in [-0.2, 0) is 4.79 Å². The van der Waals surface area contributed by atoms with Gasteiger partial charge >= 0.3 is 0 Å². The van der Waals surface area contributed by atoms with E-state index >= 15 is 0 Å². The van der Waals surface area contributed by atoms with E-state index in [-0.39, 0.29) is 17.7 Å². The van der Waals surface area contributed by atoms with Crippen molar-refractivity contribution >= 4 is 17.2 Å². The number of Topliss-reactive ketones (excluding diaryl/α,β-unsaturated/α-hetero) is 1. The number of methoxy groups -OCH3 is 3.